The van der Waals surface area contributed by atoms with Crippen molar-refractivity contribution in [1.29, 1.82) is 0 Å². The molecule has 11 nitrogen and oxygen atoms in total. The highest BCUT2D eigenvalue weighted by molar-refractivity contribution is 6.08. The van der Waals surface area contributed by atoms with Crippen LogP contribution in [0.5, 0.6) is 0 Å². The van der Waals surface area contributed by atoms with Crippen LogP contribution in [0.3, 0.4) is 0 Å². The molecule has 1 fully saturated rings. The van der Waals surface area contributed by atoms with Crippen molar-refractivity contribution in [1.82, 2.24) is 20.9 Å². The summed E-state index contributed by atoms with van der Waals surface area (Å²) in [5.41, 5.74) is -1.71. The molecule has 0 aromatic rings. The quantitative estimate of drug-likeness (QED) is 0.304. The summed E-state index contributed by atoms with van der Waals surface area (Å²) in [7, 11) is 0. The number of Topliss-reactive ketones (excluding diaryl/α,β-unsaturated/α-hetero) is 1. The third kappa shape index (κ3) is 5.84. The van der Waals surface area contributed by atoms with E-state index < -0.39 is 54.1 Å². The number of likely N-dealkylation sites (tertiary alicyclic amines) is 1. The zero-order valence-electron chi connectivity index (χ0n) is 15.5. The average molecular weight is 384 g/mol. The summed E-state index contributed by atoms with van der Waals surface area (Å²) in [6, 6.07) is 0. The topological polar surface area (TPSA) is 162 Å². The summed E-state index contributed by atoms with van der Waals surface area (Å²) < 4.78 is 0. The molecule has 4 amide bonds. The molecular weight excluding hydrogens is 360 g/mol. The number of rotatable bonds is 10. The van der Waals surface area contributed by atoms with Crippen molar-refractivity contribution in [2.75, 3.05) is 26.2 Å². The molecule has 0 aliphatic carbocycles. The van der Waals surface area contributed by atoms with Gasteiger partial charge in [-0.25, -0.2) is 0 Å². The van der Waals surface area contributed by atoms with Gasteiger partial charge in [-0.15, -0.1) is 0 Å². The lowest BCUT2D eigenvalue weighted by Crippen LogP contribution is -2.64. The van der Waals surface area contributed by atoms with Gasteiger partial charge in [0.1, 0.15) is 11.3 Å². The molecule has 0 saturated carbocycles. The van der Waals surface area contributed by atoms with Gasteiger partial charge >= 0.3 is 5.97 Å². The molecule has 1 aliphatic heterocycles. The summed E-state index contributed by atoms with van der Waals surface area (Å²) in [6.07, 6.45) is -0.0558. The summed E-state index contributed by atoms with van der Waals surface area (Å²) in [6.45, 7) is 2.73. The molecule has 0 radical (unpaired) electrons. The first kappa shape index (κ1) is 22.2. The van der Waals surface area contributed by atoms with E-state index in [1.165, 1.54) is 13.8 Å². The minimum atomic E-state index is -1.71. The van der Waals surface area contributed by atoms with Crippen LogP contribution in [0.4, 0.5) is 0 Å². The first-order valence-corrected chi connectivity index (χ1v) is 8.33. The highest BCUT2D eigenvalue weighted by atomic mass is 16.4. The lowest BCUT2D eigenvalue weighted by atomic mass is 9.98. The molecule has 0 bridgehead atoms. The third-order valence-corrected chi connectivity index (χ3v) is 4.04. The lowest BCUT2D eigenvalue weighted by Gasteiger charge is -2.36. The normalized spacial score (nSPS) is 18.8. The number of nitrogens with zero attached hydrogens (tertiary/aromatic N) is 1. The van der Waals surface area contributed by atoms with E-state index >= 15 is 0 Å². The fraction of sp³-hybridized carbons (Fsp3) is 0.625. The number of ketones is 1. The zero-order valence-corrected chi connectivity index (χ0v) is 15.5. The minimum Gasteiger partial charge on any atom is -0.480 e. The summed E-state index contributed by atoms with van der Waals surface area (Å²) in [4.78, 5) is 71.3. The summed E-state index contributed by atoms with van der Waals surface area (Å²) >= 11 is 0. The Hall–Kier alpha value is -2.82. The molecule has 1 saturated heterocycles. The van der Waals surface area contributed by atoms with E-state index in [1.54, 1.807) is 6.92 Å². The van der Waals surface area contributed by atoms with Gasteiger partial charge in [-0.2, -0.15) is 0 Å². The van der Waals surface area contributed by atoms with Gasteiger partial charge in [-0.05, 0) is 13.8 Å². The van der Waals surface area contributed by atoms with Gasteiger partial charge in [0.25, 0.3) is 0 Å². The van der Waals surface area contributed by atoms with Crippen molar-refractivity contribution < 1.29 is 33.9 Å². The number of aliphatic carboxylic acids is 1. The smallest absolute Gasteiger partial charge is 0.317 e. The van der Waals surface area contributed by atoms with E-state index in [-0.39, 0.29) is 25.3 Å². The summed E-state index contributed by atoms with van der Waals surface area (Å²) in [5.74, 6) is -4.54. The van der Waals surface area contributed by atoms with Crippen molar-refractivity contribution in [2.45, 2.75) is 32.7 Å². The van der Waals surface area contributed by atoms with E-state index in [0.717, 1.165) is 4.90 Å². The van der Waals surface area contributed by atoms with Crippen LogP contribution < -0.4 is 16.0 Å². The predicted octanol–water partition coefficient (Wildman–Crippen LogP) is -2.36. The van der Waals surface area contributed by atoms with Crippen LogP contribution in [0.2, 0.25) is 0 Å². The molecule has 2 unspecified atom stereocenters. The molecule has 0 aromatic carbocycles. The lowest BCUT2D eigenvalue weighted by molar-refractivity contribution is -0.153. The van der Waals surface area contributed by atoms with Crippen molar-refractivity contribution in [2.24, 2.45) is 5.92 Å². The van der Waals surface area contributed by atoms with Gasteiger partial charge in [-0.1, -0.05) is 6.92 Å². The van der Waals surface area contributed by atoms with Crippen molar-refractivity contribution >= 4 is 35.4 Å². The Balaban J connectivity index is 2.89. The Morgan fingerprint density at radius 2 is 1.78 bits per heavy atom. The minimum absolute atomic E-state index is 0.0558. The Bertz CT molecular complexity index is 663. The molecule has 2 atom stereocenters. The average Bonchev–Trinajstić information content (AvgIpc) is 2.82. The van der Waals surface area contributed by atoms with Crippen LogP contribution in [-0.2, 0) is 28.8 Å². The van der Waals surface area contributed by atoms with Gasteiger partial charge in [0.05, 0.1) is 19.6 Å². The van der Waals surface area contributed by atoms with E-state index in [0.29, 0.717) is 0 Å². The van der Waals surface area contributed by atoms with E-state index in [1.807, 2.05) is 0 Å². The molecular formula is C16H24N4O7. The number of amides is 4. The molecule has 0 spiro atoms. The molecule has 1 rings (SSSR count). The van der Waals surface area contributed by atoms with Crippen molar-refractivity contribution in [3.63, 3.8) is 0 Å². The standard InChI is InChI=1S/C16H24N4O7/c1-9-4-12(23)20(14(9)26)16(3,8-17-7-13(24)25)15(27)19-6-11(22)18-5-10(2)21/h9,17H,4-8H2,1-3H3,(H,18,22)(H,19,27)(H,24,25). The van der Waals surface area contributed by atoms with Gasteiger partial charge < -0.3 is 21.1 Å². The van der Waals surface area contributed by atoms with Gasteiger partial charge in [-0.3, -0.25) is 33.7 Å². The Morgan fingerprint density at radius 3 is 2.26 bits per heavy atom. The van der Waals surface area contributed by atoms with Crippen molar-refractivity contribution in [3.05, 3.63) is 0 Å². The largest absolute Gasteiger partial charge is 0.480 e. The molecule has 150 valence electrons. The number of carboxylic acid groups (broad SMARTS) is 1. The number of carbonyl (C=O) groups is 6. The molecule has 11 heteroatoms. The van der Waals surface area contributed by atoms with Gasteiger partial charge in [0, 0.05) is 18.9 Å². The van der Waals surface area contributed by atoms with Crippen LogP contribution >= 0.6 is 0 Å². The monoisotopic (exact) mass is 384 g/mol. The predicted molar refractivity (Wildman–Crippen MR) is 91.2 cm³/mol. The molecule has 27 heavy (non-hydrogen) atoms. The maximum atomic E-state index is 12.7. The Labute approximate surface area is 155 Å². The van der Waals surface area contributed by atoms with E-state index in [9.17, 15) is 28.8 Å². The van der Waals surface area contributed by atoms with Crippen LogP contribution in [0.15, 0.2) is 0 Å². The molecule has 4 N–H and O–H groups in total. The fourth-order valence-electron chi connectivity index (χ4n) is 2.61. The highest BCUT2D eigenvalue weighted by Gasteiger charge is 2.50. The van der Waals surface area contributed by atoms with Gasteiger partial charge in [0.2, 0.25) is 23.6 Å². The number of imide groups is 1. The number of nitrogens with one attached hydrogen (secondary N) is 3. The van der Waals surface area contributed by atoms with Crippen LogP contribution in [0.1, 0.15) is 27.2 Å². The van der Waals surface area contributed by atoms with E-state index in [4.69, 9.17) is 5.11 Å². The highest BCUT2D eigenvalue weighted by Crippen LogP contribution is 2.27. The Morgan fingerprint density at radius 1 is 1.15 bits per heavy atom. The fourth-order valence-corrected chi connectivity index (χ4v) is 2.61. The first-order valence-electron chi connectivity index (χ1n) is 8.33. The number of hydrogen-bond acceptors (Lipinski definition) is 7. The second-order valence-electron chi connectivity index (χ2n) is 6.61. The van der Waals surface area contributed by atoms with E-state index in [2.05, 4.69) is 16.0 Å². The van der Waals surface area contributed by atoms with Crippen LogP contribution in [0, 0.1) is 5.92 Å². The SMILES string of the molecule is CC(=O)CNC(=O)CNC(=O)C(C)(CNCC(=O)O)N1C(=O)CC(C)C1=O. The maximum absolute atomic E-state index is 12.7. The number of carboxylic acids is 1. The van der Waals surface area contributed by atoms with Crippen LogP contribution in [0.25, 0.3) is 0 Å². The van der Waals surface area contributed by atoms with Crippen LogP contribution in [-0.4, -0.2) is 77.1 Å². The second kappa shape index (κ2) is 9.21. The molecule has 1 heterocycles. The molecule has 0 aromatic heterocycles. The van der Waals surface area contributed by atoms with Crippen molar-refractivity contribution in [3.8, 4) is 0 Å². The second-order valence-corrected chi connectivity index (χ2v) is 6.61. The van der Waals surface area contributed by atoms with Gasteiger partial charge in [0.15, 0.2) is 0 Å². The maximum Gasteiger partial charge on any atom is 0.317 e. The molecule has 1 aliphatic rings. The Kier molecular flexibility index (Phi) is 7.58. The first-order chi connectivity index (χ1) is 12.5. The zero-order chi connectivity index (χ0) is 20.8. The number of hydrogen-bond donors (Lipinski definition) is 4. The number of carbonyl (C=O) groups excluding carboxylic acids is 5. The third-order valence-electron chi connectivity index (χ3n) is 4.04. The summed E-state index contributed by atoms with van der Waals surface area (Å²) in [5, 5.41) is 15.9.